The molecule has 9 heteroatoms. The summed E-state index contributed by atoms with van der Waals surface area (Å²) in [5.74, 6) is 2.60. The third kappa shape index (κ3) is 4.26. The molecule has 1 aliphatic rings. The highest BCUT2D eigenvalue weighted by atomic mass is 32.2. The number of methoxy groups -OCH3 is 1. The Balaban J connectivity index is 1.22. The number of aromatic amines is 1. The Morgan fingerprint density at radius 3 is 2.92 bits per heavy atom. The summed E-state index contributed by atoms with van der Waals surface area (Å²) in [7, 11) is 1.64. The summed E-state index contributed by atoms with van der Waals surface area (Å²) in [4.78, 5) is 18.7. The number of hydrogen-bond donors (Lipinski definition) is 1. The van der Waals surface area contributed by atoms with E-state index in [1.54, 1.807) is 13.4 Å². The minimum absolute atomic E-state index is 0.0893. The van der Waals surface area contributed by atoms with E-state index < -0.39 is 0 Å². The Labute approximate surface area is 212 Å². The normalized spacial score (nSPS) is 13.2. The Kier molecular flexibility index (Phi) is 5.98. The molecule has 0 bridgehead atoms. The molecule has 36 heavy (non-hydrogen) atoms. The molecule has 0 saturated carbocycles. The van der Waals surface area contributed by atoms with Gasteiger partial charge in [0.1, 0.15) is 11.5 Å². The van der Waals surface area contributed by atoms with Crippen LogP contribution in [0, 0.1) is 0 Å². The van der Waals surface area contributed by atoms with Gasteiger partial charge in [-0.25, -0.2) is 0 Å². The summed E-state index contributed by atoms with van der Waals surface area (Å²) in [6.45, 7) is 1.78. The van der Waals surface area contributed by atoms with Crippen molar-refractivity contribution >= 4 is 28.6 Å². The Bertz CT molecular complexity index is 1520. The van der Waals surface area contributed by atoms with Gasteiger partial charge in [0.05, 0.1) is 25.7 Å². The van der Waals surface area contributed by atoms with Gasteiger partial charge in [0.2, 0.25) is 5.91 Å². The zero-order valence-corrected chi connectivity index (χ0v) is 20.6. The van der Waals surface area contributed by atoms with Gasteiger partial charge in [-0.2, -0.15) is 0 Å². The summed E-state index contributed by atoms with van der Waals surface area (Å²) in [5.41, 5.74) is 4.46. The Morgan fingerprint density at radius 1 is 1.14 bits per heavy atom. The summed E-state index contributed by atoms with van der Waals surface area (Å²) in [5, 5.41) is 10.7. The van der Waals surface area contributed by atoms with Gasteiger partial charge < -0.3 is 19.0 Å². The van der Waals surface area contributed by atoms with Crippen LogP contribution >= 0.6 is 11.8 Å². The monoisotopic (exact) mass is 499 g/mol. The fraction of sp³-hybridized carbons (Fsp3) is 0.222. The SMILES string of the molecule is COc1cccc(-c2nnc(SCC(=O)N3CCc4[nH]c5ccccc5c4C3)n2Cc2ccco2)c1. The van der Waals surface area contributed by atoms with Crippen LogP contribution in [0.2, 0.25) is 0 Å². The van der Waals surface area contributed by atoms with E-state index in [1.165, 1.54) is 28.4 Å². The minimum Gasteiger partial charge on any atom is -0.497 e. The first-order chi connectivity index (χ1) is 17.7. The number of nitrogens with zero attached hydrogens (tertiary/aromatic N) is 4. The average molecular weight is 500 g/mol. The third-order valence-electron chi connectivity index (χ3n) is 6.50. The van der Waals surface area contributed by atoms with Crippen LogP contribution in [0.5, 0.6) is 5.75 Å². The first-order valence-electron chi connectivity index (χ1n) is 11.8. The molecular weight excluding hydrogens is 474 g/mol. The lowest BCUT2D eigenvalue weighted by atomic mass is 10.0. The van der Waals surface area contributed by atoms with Crippen molar-refractivity contribution in [3.05, 3.63) is 83.9 Å². The number of aromatic nitrogens is 4. The van der Waals surface area contributed by atoms with Gasteiger partial charge in [0.25, 0.3) is 0 Å². The second kappa shape index (κ2) is 9.58. The summed E-state index contributed by atoms with van der Waals surface area (Å²) < 4.78 is 13.0. The van der Waals surface area contributed by atoms with Crippen LogP contribution in [-0.2, 0) is 24.3 Å². The molecule has 1 amide bonds. The fourth-order valence-electron chi connectivity index (χ4n) is 4.67. The lowest BCUT2D eigenvalue weighted by Crippen LogP contribution is -2.37. The number of carbonyl (C=O) groups excluding carboxylic acids is 1. The van der Waals surface area contributed by atoms with Gasteiger partial charge in [0, 0.05) is 47.2 Å². The van der Waals surface area contributed by atoms with E-state index in [0.717, 1.165) is 29.0 Å². The lowest BCUT2D eigenvalue weighted by molar-refractivity contribution is -0.129. The van der Waals surface area contributed by atoms with Crippen LogP contribution in [0.25, 0.3) is 22.3 Å². The van der Waals surface area contributed by atoms with Crippen molar-refractivity contribution in [2.45, 2.75) is 24.7 Å². The molecule has 0 spiro atoms. The summed E-state index contributed by atoms with van der Waals surface area (Å²) >= 11 is 1.40. The molecule has 5 aromatic rings. The van der Waals surface area contributed by atoms with Gasteiger partial charge >= 0.3 is 0 Å². The third-order valence-corrected chi connectivity index (χ3v) is 7.45. The molecule has 2 aromatic carbocycles. The maximum atomic E-state index is 13.2. The first kappa shape index (κ1) is 22.5. The number of thioether (sulfide) groups is 1. The van der Waals surface area contributed by atoms with Gasteiger partial charge in [0.15, 0.2) is 11.0 Å². The van der Waals surface area contributed by atoms with Crippen LogP contribution in [0.3, 0.4) is 0 Å². The predicted molar refractivity (Wildman–Crippen MR) is 138 cm³/mol. The standard InChI is InChI=1S/C27H25N5O3S/c1-34-19-7-4-6-18(14-19)26-29-30-27(32(26)15-20-8-5-13-35-20)36-17-25(33)31-12-11-24-22(16-31)21-9-2-3-10-23(21)28-24/h2-10,13-14,28H,11-12,15-17H2,1H3. The van der Waals surface area contributed by atoms with Crippen molar-refractivity contribution in [3.63, 3.8) is 0 Å². The van der Waals surface area contributed by atoms with Crippen molar-refractivity contribution in [2.24, 2.45) is 0 Å². The van der Waals surface area contributed by atoms with Gasteiger partial charge in [-0.05, 0) is 30.3 Å². The Hall–Kier alpha value is -3.98. The average Bonchev–Trinajstić information content (AvgIpc) is 3.66. The maximum absolute atomic E-state index is 13.2. The molecule has 0 unspecified atom stereocenters. The molecule has 0 radical (unpaired) electrons. The van der Waals surface area contributed by atoms with E-state index in [4.69, 9.17) is 9.15 Å². The smallest absolute Gasteiger partial charge is 0.233 e. The number of nitrogens with one attached hydrogen (secondary N) is 1. The number of ether oxygens (including phenoxy) is 1. The number of fused-ring (bicyclic) bond motifs is 3. The summed E-state index contributed by atoms with van der Waals surface area (Å²) in [6.07, 6.45) is 2.48. The second-order valence-corrected chi connectivity index (χ2v) is 9.63. The largest absolute Gasteiger partial charge is 0.497 e. The number of carbonyl (C=O) groups is 1. The molecule has 4 heterocycles. The fourth-order valence-corrected chi connectivity index (χ4v) is 5.51. The molecule has 6 rings (SSSR count). The number of furan rings is 1. The van der Waals surface area contributed by atoms with Crippen LogP contribution in [0.15, 0.2) is 76.5 Å². The quantitative estimate of drug-likeness (QED) is 0.325. The number of benzene rings is 2. The first-order valence-corrected chi connectivity index (χ1v) is 12.8. The van der Waals surface area contributed by atoms with Crippen molar-refractivity contribution < 1.29 is 13.9 Å². The zero-order chi connectivity index (χ0) is 24.5. The predicted octanol–water partition coefficient (Wildman–Crippen LogP) is 4.75. The zero-order valence-electron chi connectivity index (χ0n) is 19.8. The van der Waals surface area contributed by atoms with Gasteiger partial charge in [-0.3, -0.25) is 9.36 Å². The number of amides is 1. The van der Waals surface area contributed by atoms with Crippen molar-refractivity contribution in [2.75, 3.05) is 19.4 Å². The van der Waals surface area contributed by atoms with Gasteiger partial charge in [-0.15, -0.1) is 10.2 Å². The molecule has 0 saturated heterocycles. The number of H-pyrrole nitrogens is 1. The van der Waals surface area contributed by atoms with Gasteiger partial charge in [-0.1, -0.05) is 42.1 Å². The molecule has 0 atom stereocenters. The molecule has 8 nitrogen and oxygen atoms in total. The van der Waals surface area contributed by atoms with E-state index in [9.17, 15) is 4.79 Å². The number of para-hydroxylation sites is 1. The van der Waals surface area contributed by atoms with Crippen LogP contribution in [-0.4, -0.2) is 50.0 Å². The number of hydrogen-bond acceptors (Lipinski definition) is 6. The number of rotatable bonds is 7. The van der Waals surface area contributed by atoms with Crippen molar-refractivity contribution in [1.82, 2.24) is 24.6 Å². The lowest BCUT2D eigenvalue weighted by Gasteiger charge is -2.27. The molecule has 1 aliphatic heterocycles. The molecule has 0 fully saturated rings. The van der Waals surface area contributed by atoms with E-state index >= 15 is 0 Å². The second-order valence-electron chi connectivity index (χ2n) is 8.69. The molecule has 3 aromatic heterocycles. The minimum atomic E-state index is 0.0893. The Morgan fingerprint density at radius 2 is 2.06 bits per heavy atom. The molecule has 0 aliphatic carbocycles. The van der Waals surface area contributed by atoms with Crippen LogP contribution in [0.4, 0.5) is 0 Å². The highest BCUT2D eigenvalue weighted by Crippen LogP contribution is 2.30. The van der Waals surface area contributed by atoms with E-state index in [1.807, 2.05) is 58.0 Å². The summed E-state index contributed by atoms with van der Waals surface area (Å²) in [6, 6.07) is 19.8. The van der Waals surface area contributed by atoms with Crippen molar-refractivity contribution in [1.29, 1.82) is 0 Å². The van der Waals surface area contributed by atoms with Crippen LogP contribution < -0.4 is 4.74 Å². The topological polar surface area (TPSA) is 89.2 Å². The van der Waals surface area contributed by atoms with Crippen LogP contribution in [0.1, 0.15) is 17.0 Å². The highest BCUT2D eigenvalue weighted by Gasteiger charge is 2.25. The molecule has 182 valence electrons. The van der Waals surface area contributed by atoms with E-state index in [-0.39, 0.29) is 11.7 Å². The van der Waals surface area contributed by atoms with Crippen molar-refractivity contribution in [3.8, 4) is 17.1 Å². The van der Waals surface area contributed by atoms with E-state index in [0.29, 0.717) is 30.6 Å². The molecular formula is C27H25N5O3S. The van der Waals surface area contributed by atoms with E-state index in [2.05, 4.69) is 27.3 Å². The molecule has 1 N–H and O–H groups in total. The highest BCUT2D eigenvalue weighted by molar-refractivity contribution is 7.99. The maximum Gasteiger partial charge on any atom is 0.233 e.